The van der Waals surface area contributed by atoms with Gasteiger partial charge in [0.05, 0.1) is 12.2 Å². The van der Waals surface area contributed by atoms with Crippen LogP contribution >= 0.6 is 7.82 Å². The van der Waals surface area contributed by atoms with Gasteiger partial charge in [-0.05, 0) is 32.6 Å². The lowest BCUT2D eigenvalue weighted by Gasteiger charge is -2.37. The molecule has 29 heavy (non-hydrogen) atoms. The third kappa shape index (κ3) is 4.90. The van der Waals surface area contributed by atoms with E-state index in [1.54, 1.807) is 20.8 Å². The molecule has 0 aromatic carbocycles. The maximum Gasteiger partial charge on any atom is 0.473 e. The zero-order chi connectivity index (χ0) is 21.8. The first-order valence-electron chi connectivity index (χ1n) is 9.44. The van der Waals surface area contributed by atoms with Crippen LogP contribution in [0.4, 0.5) is 0 Å². The van der Waals surface area contributed by atoms with Gasteiger partial charge in [-0.1, -0.05) is 20.8 Å². The SMILES string of the molecule is CC(C)(C)C[C@@]12CO[C@@H](C1OP(=O)(O)OC(C)(C)C)[C@H](n1ccc(=O)[nH]c1=O)O2. The van der Waals surface area contributed by atoms with Crippen molar-refractivity contribution in [1.82, 2.24) is 9.55 Å². The summed E-state index contributed by atoms with van der Waals surface area (Å²) in [5.41, 5.74) is -3.39. The van der Waals surface area contributed by atoms with Crippen molar-refractivity contribution >= 4 is 7.82 Å². The maximum absolute atomic E-state index is 12.7. The highest BCUT2D eigenvalue weighted by atomic mass is 31.2. The second kappa shape index (κ2) is 7.14. The number of nitrogens with zero attached hydrogens (tertiary/aromatic N) is 1. The van der Waals surface area contributed by atoms with Crippen LogP contribution in [0, 0.1) is 5.41 Å². The first-order chi connectivity index (χ1) is 13.1. The number of phosphoric acid groups is 1. The molecule has 2 aliphatic rings. The molecule has 2 unspecified atom stereocenters. The van der Waals surface area contributed by atoms with Gasteiger partial charge in [-0.3, -0.25) is 23.4 Å². The smallest absolute Gasteiger partial charge is 0.368 e. The summed E-state index contributed by atoms with van der Waals surface area (Å²) in [6.07, 6.45) is -0.934. The van der Waals surface area contributed by atoms with E-state index in [2.05, 4.69) is 4.98 Å². The molecule has 2 bridgehead atoms. The zero-order valence-electron chi connectivity index (χ0n) is 17.5. The van der Waals surface area contributed by atoms with Crippen molar-refractivity contribution in [2.24, 2.45) is 5.41 Å². The molecule has 3 rings (SSSR count). The highest BCUT2D eigenvalue weighted by Gasteiger charge is 2.65. The minimum atomic E-state index is -4.45. The molecule has 1 aromatic heterocycles. The maximum atomic E-state index is 12.7. The fraction of sp³-hybridized carbons (Fsp3) is 0.778. The Balaban J connectivity index is 1.98. The zero-order valence-corrected chi connectivity index (χ0v) is 18.4. The van der Waals surface area contributed by atoms with Gasteiger partial charge >= 0.3 is 13.5 Å². The van der Waals surface area contributed by atoms with Gasteiger partial charge in [0, 0.05) is 12.3 Å². The molecule has 10 nitrogen and oxygen atoms in total. The van der Waals surface area contributed by atoms with Gasteiger partial charge in [-0.25, -0.2) is 9.36 Å². The summed E-state index contributed by atoms with van der Waals surface area (Å²) < 4.78 is 36.7. The Morgan fingerprint density at radius 2 is 1.97 bits per heavy atom. The molecule has 2 saturated heterocycles. The van der Waals surface area contributed by atoms with Gasteiger partial charge in [-0.2, -0.15) is 0 Å². The molecule has 5 atom stereocenters. The average Bonchev–Trinajstić information content (AvgIpc) is 2.93. The lowest BCUT2D eigenvalue weighted by molar-refractivity contribution is -0.184. The predicted octanol–water partition coefficient (Wildman–Crippen LogP) is 1.94. The van der Waals surface area contributed by atoms with Crippen LogP contribution in [0.1, 0.15) is 54.2 Å². The van der Waals surface area contributed by atoms with Crippen molar-refractivity contribution in [1.29, 1.82) is 0 Å². The molecule has 0 spiro atoms. The van der Waals surface area contributed by atoms with Gasteiger partial charge in [0.1, 0.15) is 17.8 Å². The highest BCUT2D eigenvalue weighted by molar-refractivity contribution is 7.47. The summed E-state index contributed by atoms with van der Waals surface area (Å²) in [7, 11) is -4.45. The standard InChI is InChI=1S/C18H29N2O8P/c1-16(2,3)9-18-10-25-12(13(18)27-29(23,24)28-17(4,5)6)14(26-18)20-8-7-11(21)19-15(20)22/h7-8,12-14H,9-10H2,1-6H3,(H,23,24)(H,19,21,22)/t12-,13?,14+,18+/m0/s1. The largest absolute Gasteiger partial charge is 0.473 e. The predicted molar refractivity (Wildman–Crippen MR) is 104 cm³/mol. The van der Waals surface area contributed by atoms with Crippen LogP contribution in [-0.2, 0) is 23.1 Å². The second-order valence-corrected chi connectivity index (χ2v) is 11.1. The van der Waals surface area contributed by atoms with E-state index in [0.29, 0.717) is 6.42 Å². The van der Waals surface area contributed by atoms with E-state index in [9.17, 15) is 19.0 Å². The summed E-state index contributed by atoms with van der Waals surface area (Å²) >= 11 is 0. The normalized spacial score (nSPS) is 31.8. The number of fused-ring (bicyclic) bond motifs is 2. The average molecular weight is 432 g/mol. The van der Waals surface area contributed by atoms with Crippen LogP contribution in [0.3, 0.4) is 0 Å². The number of phosphoric ester groups is 1. The number of rotatable bonds is 5. The molecular weight excluding hydrogens is 403 g/mol. The summed E-state index contributed by atoms with van der Waals surface area (Å²) in [6.45, 7) is 11.1. The first kappa shape index (κ1) is 22.4. The first-order valence-corrected chi connectivity index (χ1v) is 10.9. The monoisotopic (exact) mass is 432 g/mol. The molecule has 0 aliphatic carbocycles. The van der Waals surface area contributed by atoms with Crippen molar-refractivity contribution in [3.8, 4) is 0 Å². The van der Waals surface area contributed by atoms with Crippen LogP contribution in [0.5, 0.6) is 0 Å². The molecule has 0 saturated carbocycles. The van der Waals surface area contributed by atoms with E-state index < -0.39 is 48.7 Å². The fourth-order valence-corrected chi connectivity index (χ4v) is 5.28. The Bertz CT molecular complexity index is 927. The third-order valence-electron chi connectivity index (χ3n) is 4.56. The van der Waals surface area contributed by atoms with Crippen molar-refractivity contribution in [3.05, 3.63) is 33.1 Å². The minimum Gasteiger partial charge on any atom is -0.368 e. The van der Waals surface area contributed by atoms with E-state index in [4.69, 9.17) is 18.5 Å². The summed E-state index contributed by atoms with van der Waals surface area (Å²) in [4.78, 5) is 36.2. The summed E-state index contributed by atoms with van der Waals surface area (Å²) in [5, 5.41) is 0. The number of hydrogen-bond acceptors (Lipinski definition) is 7. The second-order valence-electron chi connectivity index (χ2n) is 9.80. The Morgan fingerprint density at radius 3 is 2.52 bits per heavy atom. The van der Waals surface area contributed by atoms with E-state index >= 15 is 0 Å². The van der Waals surface area contributed by atoms with Crippen molar-refractivity contribution in [3.63, 3.8) is 0 Å². The molecule has 2 fully saturated rings. The molecule has 164 valence electrons. The Labute approximate surface area is 168 Å². The van der Waals surface area contributed by atoms with Gasteiger partial charge in [-0.15, -0.1) is 0 Å². The van der Waals surface area contributed by atoms with Gasteiger partial charge in [0.2, 0.25) is 0 Å². The van der Waals surface area contributed by atoms with Crippen LogP contribution in [0.2, 0.25) is 0 Å². The number of aromatic amines is 1. The van der Waals surface area contributed by atoms with E-state index in [-0.39, 0.29) is 12.0 Å². The number of H-pyrrole nitrogens is 1. The minimum absolute atomic E-state index is 0.143. The van der Waals surface area contributed by atoms with Crippen LogP contribution in [0.25, 0.3) is 0 Å². The quantitative estimate of drug-likeness (QED) is 0.676. The molecular formula is C18H29N2O8P. The van der Waals surface area contributed by atoms with Crippen LogP contribution in [0.15, 0.2) is 21.9 Å². The molecule has 11 heteroatoms. The van der Waals surface area contributed by atoms with Gasteiger partial charge < -0.3 is 14.4 Å². The molecule has 2 N–H and O–H groups in total. The van der Waals surface area contributed by atoms with Gasteiger partial charge in [0.15, 0.2) is 6.23 Å². The lowest BCUT2D eigenvalue weighted by Crippen LogP contribution is -2.45. The Kier molecular flexibility index (Phi) is 5.52. The van der Waals surface area contributed by atoms with Crippen molar-refractivity contribution in [2.45, 2.75) is 77.6 Å². The molecule has 1 aromatic rings. The molecule has 0 amide bonds. The number of hydrogen-bond donors (Lipinski definition) is 2. The number of ether oxygens (including phenoxy) is 2. The topological polar surface area (TPSA) is 129 Å². The Morgan fingerprint density at radius 1 is 1.31 bits per heavy atom. The molecule has 3 heterocycles. The number of aromatic nitrogens is 2. The van der Waals surface area contributed by atoms with Crippen LogP contribution < -0.4 is 11.2 Å². The highest BCUT2D eigenvalue weighted by Crippen LogP contribution is 2.57. The third-order valence-corrected chi connectivity index (χ3v) is 5.84. The fourth-order valence-electron chi connectivity index (χ4n) is 3.95. The van der Waals surface area contributed by atoms with Gasteiger partial charge in [0.25, 0.3) is 5.56 Å². The van der Waals surface area contributed by atoms with Crippen molar-refractivity contribution < 1.29 is 28.0 Å². The summed E-state index contributed by atoms with van der Waals surface area (Å²) in [5.74, 6) is 0. The number of nitrogens with one attached hydrogen (secondary N) is 1. The summed E-state index contributed by atoms with van der Waals surface area (Å²) in [6, 6.07) is 1.20. The van der Waals surface area contributed by atoms with Crippen LogP contribution in [-0.4, -0.2) is 44.5 Å². The van der Waals surface area contributed by atoms with Crippen molar-refractivity contribution in [2.75, 3.05) is 6.61 Å². The van der Waals surface area contributed by atoms with E-state index in [0.717, 1.165) is 0 Å². The van der Waals surface area contributed by atoms with E-state index in [1.807, 2.05) is 20.8 Å². The lowest BCUT2D eigenvalue weighted by atomic mass is 9.80. The molecule has 0 radical (unpaired) electrons. The van der Waals surface area contributed by atoms with E-state index in [1.165, 1.54) is 16.8 Å². The Hall–Kier alpha value is -1.29. The molecule has 2 aliphatic heterocycles.